The summed E-state index contributed by atoms with van der Waals surface area (Å²) in [6.45, 7) is 2.77. The first kappa shape index (κ1) is 12.4. The molecule has 0 aromatic rings. The predicted octanol–water partition coefficient (Wildman–Crippen LogP) is 1.27. The zero-order chi connectivity index (χ0) is 10.3. The summed E-state index contributed by atoms with van der Waals surface area (Å²) < 4.78 is 9.62. The Morgan fingerprint density at radius 1 is 1.31 bits per heavy atom. The van der Waals surface area contributed by atoms with E-state index in [1.54, 1.807) is 0 Å². The van der Waals surface area contributed by atoms with E-state index in [0.29, 0.717) is 11.8 Å². The topological polar surface area (TPSA) is 52.6 Å². The van der Waals surface area contributed by atoms with E-state index >= 15 is 0 Å². The Hall–Kier alpha value is -0.580. The molecule has 0 aliphatic carbocycles. The Labute approximate surface area is 85.7 Å². The fourth-order valence-corrected chi connectivity index (χ4v) is 1.25. The van der Waals surface area contributed by atoms with Crippen molar-refractivity contribution in [3.63, 3.8) is 0 Å². The monoisotopic (exact) mass is 252 g/mol. The summed E-state index contributed by atoms with van der Waals surface area (Å²) in [5, 5.41) is 0.701. The van der Waals surface area contributed by atoms with E-state index in [1.165, 1.54) is 13.8 Å². The van der Waals surface area contributed by atoms with Crippen LogP contribution in [0.2, 0.25) is 0 Å². The van der Waals surface area contributed by atoms with Crippen LogP contribution in [0.5, 0.6) is 0 Å². The third kappa shape index (κ3) is 7.77. The smallest absolute Gasteiger partial charge is 0.303 e. The highest BCUT2D eigenvalue weighted by molar-refractivity contribution is 9.09. The number of alkyl halides is 1. The van der Waals surface area contributed by atoms with Gasteiger partial charge in [-0.1, -0.05) is 15.9 Å². The molecule has 0 aromatic carbocycles. The molecule has 0 aliphatic heterocycles. The molecule has 0 rings (SSSR count). The van der Waals surface area contributed by atoms with Crippen molar-refractivity contribution in [2.24, 2.45) is 0 Å². The molecule has 0 saturated heterocycles. The lowest BCUT2D eigenvalue weighted by atomic mass is 10.3. The van der Waals surface area contributed by atoms with E-state index < -0.39 is 0 Å². The Bertz CT molecular complexity index is 181. The van der Waals surface area contributed by atoms with E-state index in [9.17, 15) is 9.59 Å². The Kier molecular flexibility index (Phi) is 6.58. The number of carbonyl (C=O) groups excluding carboxylic acids is 2. The van der Waals surface area contributed by atoms with E-state index in [4.69, 9.17) is 9.47 Å². The van der Waals surface area contributed by atoms with Crippen LogP contribution in [0.1, 0.15) is 20.3 Å². The summed E-state index contributed by atoms with van der Waals surface area (Å²) in [5.74, 6) is -0.732. The first-order valence-electron chi connectivity index (χ1n) is 3.92. The van der Waals surface area contributed by atoms with Gasteiger partial charge in [0.25, 0.3) is 0 Å². The highest BCUT2D eigenvalue weighted by Gasteiger charge is 2.12. The van der Waals surface area contributed by atoms with Gasteiger partial charge in [-0.3, -0.25) is 9.59 Å². The Balaban J connectivity index is 3.79. The second kappa shape index (κ2) is 6.88. The number of hydrogen-bond donors (Lipinski definition) is 0. The van der Waals surface area contributed by atoms with Crippen molar-refractivity contribution in [1.29, 1.82) is 0 Å². The van der Waals surface area contributed by atoms with Gasteiger partial charge in [-0.2, -0.15) is 0 Å². The van der Waals surface area contributed by atoms with E-state index in [1.807, 2.05) is 0 Å². The molecule has 0 bridgehead atoms. The van der Waals surface area contributed by atoms with Gasteiger partial charge in [0.2, 0.25) is 0 Å². The van der Waals surface area contributed by atoms with Gasteiger partial charge in [0, 0.05) is 19.2 Å². The SMILES string of the molecule is CC(=O)OCC(CCBr)OC(C)=O. The van der Waals surface area contributed by atoms with Crippen molar-refractivity contribution in [1.82, 2.24) is 0 Å². The molecule has 1 atom stereocenters. The van der Waals surface area contributed by atoms with Crippen molar-refractivity contribution in [3.8, 4) is 0 Å². The summed E-state index contributed by atoms with van der Waals surface area (Å²) in [5.41, 5.74) is 0. The highest BCUT2D eigenvalue weighted by Crippen LogP contribution is 2.03. The number of halogens is 1. The predicted molar refractivity (Wildman–Crippen MR) is 50.6 cm³/mol. The number of rotatable bonds is 5. The van der Waals surface area contributed by atoms with Crippen molar-refractivity contribution >= 4 is 27.9 Å². The molecule has 1 unspecified atom stereocenters. The zero-order valence-electron chi connectivity index (χ0n) is 7.71. The fourth-order valence-electron chi connectivity index (χ4n) is 0.743. The normalized spacial score (nSPS) is 11.9. The minimum absolute atomic E-state index is 0.126. The molecule has 0 aromatic heterocycles. The molecule has 0 N–H and O–H groups in total. The number of esters is 2. The van der Waals surface area contributed by atoms with Gasteiger partial charge in [0.1, 0.15) is 12.7 Å². The first-order valence-corrected chi connectivity index (χ1v) is 5.05. The van der Waals surface area contributed by atoms with Crippen molar-refractivity contribution < 1.29 is 19.1 Å². The molecular weight excluding hydrogens is 240 g/mol. The summed E-state index contributed by atoms with van der Waals surface area (Å²) in [6.07, 6.45) is 0.285. The lowest BCUT2D eigenvalue weighted by molar-refractivity contribution is -0.156. The zero-order valence-corrected chi connectivity index (χ0v) is 9.30. The van der Waals surface area contributed by atoms with Crippen LogP contribution in [-0.2, 0) is 19.1 Å². The van der Waals surface area contributed by atoms with E-state index in [-0.39, 0.29) is 24.6 Å². The third-order valence-corrected chi connectivity index (χ3v) is 1.69. The van der Waals surface area contributed by atoms with Crippen LogP contribution in [0.4, 0.5) is 0 Å². The molecule has 0 amide bonds. The molecule has 0 saturated carbocycles. The van der Waals surface area contributed by atoms with Crippen LogP contribution in [0, 0.1) is 0 Å². The summed E-state index contributed by atoms with van der Waals surface area (Å²) >= 11 is 3.22. The van der Waals surface area contributed by atoms with Gasteiger partial charge in [-0.15, -0.1) is 0 Å². The molecule has 0 spiro atoms. The van der Waals surface area contributed by atoms with Gasteiger partial charge in [-0.05, 0) is 6.42 Å². The van der Waals surface area contributed by atoms with E-state index in [2.05, 4.69) is 15.9 Å². The van der Waals surface area contributed by atoms with Crippen molar-refractivity contribution in [2.75, 3.05) is 11.9 Å². The average molecular weight is 253 g/mol. The molecule has 76 valence electrons. The maximum absolute atomic E-state index is 10.6. The quantitative estimate of drug-likeness (QED) is 0.546. The van der Waals surface area contributed by atoms with Crippen molar-refractivity contribution in [2.45, 2.75) is 26.4 Å². The minimum atomic E-state index is -0.369. The Morgan fingerprint density at radius 2 is 1.92 bits per heavy atom. The third-order valence-electron chi connectivity index (χ3n) is 1.24. The maximum Gasteiger partial charge on any atom is 0.303 e. The summed E-state index contributed by atoms with van der Waals surface area (Å²) in [7, 11) is 0. The van der Waals surface area contributed by atoms with Gasteiger partial charge >= 0.3 is 11.9 Å². The van der Waals surface area contributed by atoms with Crippen LogP contribution in [-0.4, -0.2) is 30.0 Å². The molecule has 0 heterocycles. The molecule has 0 fully saturated rings. The lowest BCUT2D eigenvalue weighted by Crippen LogP contribution is -2.24. The van der Waals surface area contributed by atoms with Gasteiger partial charge in [-0.25, -0.2) is 0 Å². The van der Waals surface area contributed by atoms with E-state index in [0.717, 1.165) is 0 Å². The van der Waals surface area contributed by atoms with Crippen molar-refractivity contribution in [3.05, 3.63) is 0 Å². The number of carbonyl (C=O) groups is 2. The van der Waals surface area contributed by atoms with Crippen LogP contribution < -0.4 is 0 Å². The first-order chi connectivity index (χ1) is 6.06. The Morgan fingerprint density at radius 3 is 2.31 bits per heavy atom. The lowest BCUT2D eigenvalue weighted by Gasteiger charge is -2.14. The van der Waals surface area contributed by atoms with Gasteiger partial charge in [0.15, 0.2) is 0 Å². The molecule has 5 heteroatoms. The van der Waals surface area contributed by atoms with Gasteiger partial charge in [0.05, 0.1) is 0 Å². The number of ether oxygens (including phenoxy) is 2. The largest absolute Gasteiger partial charge is 0.462 e. The summed E-state index contributed by atoms with van der Waals surface area (Å²) in [4.78, 5) is 21.1. The summed E-state index contributed by atoms with van der Waals surface area (Å²) in [6, 6.07) is 0. The van der Waals surface area contributed by atoms with Crippen LogP contribution >= 0.6 is 15.9 Å². The van der Waals surface area contributed by atoms with Crippen LogP contribution in [0.25, 0.3) is 0 Å². The molecule has 4 nitrogen and oxygen atoms in total. The standard InChI is InChI=1S/C8H13BrO4/c1-6(10)12-5-8(3-4-9)13-7(2)11/h8H,3-5H2,1-2H3. The average Bonchev–Trinajstić information content (AvgIpc) is 1.99. The minimum Gasteiger partial charge on any atom is -0.462 e. The van der Waals surface area contributed by atoms with Crippen LogP contribution in [0.15, 0.2) is 0 Å². The highest BCUT2D eigenvalue weighted by atomic mass is 79.9. The second-order valence-corrected chi connectivity index (χ2v) is 3.30. The molecular formula is C8H13BrO4. The van der Waals surface area contributed by atoms with Gasteiger partial charge < -0.3 is 9.47 Å². The molecule has 0 radical (unpaired) electrons. The fraction of sp³-hybridized carbons (Fsp3) is 0.750. The molecule has 0 aliphatic rings. The number of hydrogen-bond acceptors (Lipinski definition) is 4. The molecule has 13 heavy (non-hydrogen) atoms. The van der Waals surface area contributed by atoms with Crippen LogP contribution in [0.3, 0.4) is 0 Å². The second-order valence-electron chi connectivity index (χ2n) is 2.51. The maximum atomic E-state index is 10.6.